The first-order chi connectivity index (χ1) is 31.6. The van der Waals surface area contributed by atoms with Crippen molar-refractivity contribution in [2.75, 3.05) is 4.90 Å². The Morgan fingerprint density at radius 2 is 0.627 bits per heavy atom. The fraction of sp³-hybridized carbons (Fsp3) is 0.273. The minimum Gasteiger partial charge on any atom is -0.310 e. The van der Waals surface area contributed by atoms with Gasteiger partial charge >= 0.3 is 0 Å². The Labute approximate surface area is 401 Å². The molecule has 0 amide bonds. The summed E-state index contributed by atoms with van der Waals surface area (Å²) in [5.74, 6) is 0. The Kier molecular flexibility index (Phi) is 10.3. The molecular formula is C66H67N. The van der Waals surface area contributed by atoms with Gasteiger partial charge in [0.15, 0.2) is 0 Å². The summed E-state index contributed by atoms with van der Waals surface area (Å²) in [7, 11) is 0. The average molecular weight is 874 g/mol. The van der Waals surface area contributed by atoms with E-state index in [4.69, 9.17) is 0 Å². The first-order valence-electron chi connectivity index (χ1n) is 24.4. The van der Waals surface area contributed by atoms with Gasteiger partial charge in [-0.15, -0.1) is 0 Å². The van der Waals surface area contributed by atoms with E-state index in [1.54, 1.807) is 0 Å². The summed E-state index contributed by atoms with van der Waals surface area (Å²) in [5.41, 5.74) is 25.6. The molecule has 0 saturated carbocycles. The van der Waals surface area contributed by atoms with Gasteiger partial charge in [-0.2, -0.15) is 0 Å². The van der Waals surface area contributed by atoms with Gasteiger partial charge in [0.2, 0.25) is 0 Å². The van der Waals surface area contributed by atoms with Crippen LogP contribution in [0.25, 0.3) is 55.6 Å². The average Bonchev–Trinajstić information content (AvgIpc) is 3.67. The molecule has 336 valence electrons. The van der Waals surface area contributed by atoms with Crippen molar-refractivity contribution in [1.29, 1.82) is 0 Å². The molecule has 2 aliphatic carbocycles. The third kappa shape index (κ3) is 7.75. The van der Waals surface area contributed by atoms with E-state index < -0.39 is 0 Å². The quantitative estimate of drug-likeness (QED) is 0.161. The lowest BCUT2D eigenvalue weighted by Gasteiger charge is -2.28. The van der Waals surface area contributed by atoms with Crippen LogP contribution in [0.5, 0.6) is 0 Å². The Bertz CT molecular complexity index is 3050. The summed E-state index contributed by atoms with van der Waals surface area (Å²) >= 11 is 0. The van der Waals surface area contributed by atoms with Crippen LogP contribution >= 0.6 is 0 Å². The van der Waals surface area contributed by atoms with E-state index in [9.17, 15) is 0 Å². The van der Waals surface area contributed by atoms with Crippen LogP contribution in [0.1, 0.15) is 129 Å². The molecule has 0 atom stereocenters. The van der Waals surface area contributed by atoms with E-state index in [1.165, 1.54) is 94.6 Å². The zero-order valence-corrected chi connectivity index (χ0v) is 42.1. The Hall–Kier alpha value is -6.44. The topological polar surface area (TPSA) is 3.24 Å². The Balaban J connectivity index is 1.16. The van der Waals surface area contributed by atoms with E-state index >= 15 is 0 Å². The minimum absolute atomic E-state index is 0.0401. The molecule has 0 radical (unpaired) electrons. The lowest BCUT2D eigenvalue weighted by molar-refractivity contribution is 0.584. The number of benzene rings is 8. The maximum atomic E-state index is 2.49. The van der Waals surface area contributed by atoms with Crippen LogP contribution in [-0.4, -0.2) is 0 Å². The van der Waals surface area contributed by atoms with Crippen molar-refractivity contribution >= 4 is 17.1 Å². The Morgan fingerprint density at radius 1 is 0.284 bits per heavy atom. The van der Waals surface area contributed by atoms with Gasteiger partial charge in [0.1, 0.15) is 0 Å². The van der Waals surface area contributed by atoms with Crippen molar-refractivity contribution in [3.05, 3.63) is 209 Å². The molecule has 1 heteroatoms. The normalized spacial score (nSPS) is 14.6. The van der Waals surface area contributed by atoms with Gasteiger partial charge < -0.3 is 4.90 Å². The molecule has 0 aliphatic heterocycles. The van der Waals surface area contributed by atoms with Crippen molar-refractivity contribution in [3.63, 3.8) is 0 Å². The minimum atomic E-state index is -0.142. The van der Waals surface area contributed by atoms with Crippen LogP contribution in [0, 0.1) is 0 Å². The molecule has 0 aromatic heterocycles. The highest BCUT2D eigenvalue weighted by molar-refractivity contribution is 5.90. The molecule has 0 saturated heterocycles. The fourth-order valence-corrected chi connectivity index (χ4v) is 10.8. The summed E-state index contributed by atoms with van der Waals surface area (Å²) < 4.78 is 0. The predicted molar refractivity (Wildman–Crippen MR) is 289 cm³/mol. The maximum absolute atomic E-state index is 2.49. The first kappa shape index (κ1) is 44.4. The van der Waals surface area contributed by atoms with Crippen molar-refractivity contribution in [2.45, 2.75) is 117 Å². The van der Waals surface area contributed by atoms with Crippen LogP contribution < -0.4 is 4.90 Å². The van der Waals surface area contributed by atoms with Gasteiger partial charge in [-0.3, -0.25) is 0 Å². The number of rotatable bonds is 6. The maximum Gasteiger partial charge on any atom is 0.0473 e. The van der Waals surface area contributed by atoms with Crippen molar-refractivity contribution in [3.8, 4) is 55.6 Å². The number of anilines is 3. The summed E-state index contributed by atoms with van der Waals surface area (Å²) in [6.07, 6.45) is 0. The molecule has 0 N–H and O–H groups in total. The Morgan fingerprint density at radius 3 is 1.04 bits per heavy atom. The number of hydrogen-bond acceptors (Lipinski definition) is 1. The molecule has 0 unspecified atom stereocenters. The standard InChI is InChI=1S/C66H67N/c1-62(2,3)48-23-29-52(30-24-48)67(51-27-19-43(20-28-51)42-17-15-14-16-18-42)53-36-46(44-21-31-54-56-33-25-49(63(4,5)6)40-60(56)65(10,11)58(54)38-44)35-47(37-53)45-22-32-55-57-34-26-50(64(7,8)9)41-61(57)66(12,13)59(55)39-45/h14-41H,1-13H3. The molecule has 1 nitrogen and oxygen atoms in total. The van der Waals surface area contributed by atoms with Gasteiger partial charge in [0, 0.05) is 27.9 Å². The highest BCUT2D eigenvalue weighted by Crippen LogP contribution is 2.53. The third-order valence-electron chi connectivity index (χ3n) is 15.2. The first-order valence-corrected chi connectivity index (χ1v) is 24.4. The lowest BCUT2D eigenvalue weighted by atomic mass is 9.78. The van der Waals surface area contributed by atoms with Crippen molar-refractivity contribution in [1.82, 2.24) is 0 Å². The van der Waals surface area contributed by atoms with Crippen molar-refractivity contribution < 1.29 is 0 Å². The van der Waals surface area contributed by atoms with Gasteiger partial charge in [0.05, 0.1) is 0 Å². The van der Waals surface area contributed by atoms with Gasteiger partial charge in [-0.1, -0.05) is 205 Å². The molecule has 8 aromatic rings. The summed E-state index contributed by atoms with van der Waals surface area (Å²) in [6.45, 7) is 30.4. The number of nitrogens with zero attached hydrogens (tertiary/aromatic N) is 1. The molecule has 0 fully saturated rings. The largest absolute Gasteiger partial charge is 0.310 e. The van der Waals surface area contributed by atoms with Crippen LogP contribution in [-0.2, 0) is 27.1 Å². The van der Waals surface area contributed by atoms with Gasteiger partial charge in [0.25, 0.3) is 0 Å². The van der Waals surface area contributed by atoms with E-state index in [0.29, 0.717) is 0 Å². The molecule has 67 heavy (non-hydrogen) atoms. The molecular weight excluding hydrogens is 807 g/mol. The second-order valence-corrected chi connectivity index (χ2v) is 23.6. The summed E-state index contributed by atoms with van der Waals surface area (Å²) in [4.78, 5) is 2.45. The lowest BCUT2D eigenvalue weighted by Crippen LogP contribution is -2.17. The summed E-state index contributed by atoms with van der Waals surface area (Å²) in [6, 6.07) is 65.1. The number of hydrogen-bond donors (Lipinski definition) is 0. The zero-order chi connectivity index (χ0) is 47.4. The fourth-order valence-electron chi connectivity index (χ4n) is 10.8. The highest BCUT2D eigenvalue weighted by Gasteiger charge is 2.38. The third-order valence-corrected chi connectivity index (χ3v) is 15.2. The summed E-state index contributed by atoms with van der Waals surface area (Å²) in [5, 5.41) is 0. The molecule has 8 aromatic carbocycles. The monoisotopic (exact) mass is 874 g/mol. The van der Waals surface area contributed by atoms with Gasteiger partial charge in [-0.05, 0) is 165 Å². The van der Waals surface area contributed by atoms with E-state index in [0.717, 1.165) is 17.1 Å². The van der Waals surface area contributed by atoms with Crippen LogP contribution in [0.4, 0.5) is 17.1 Å². The smallest absolute Gasteiger partial charge is 0.0473 e. The molecule has 0 bridgehead atoms. The van der Waals surface area contributed by atoms with E-state index in [2.05, 4.69) is 265 Å². The SMILES string of the molecule is CC(C)(C)c1ccc(N(c2ccc(-c3ccccc3)cc2)c2cc(-c3ccc4c(c3)C(C)(C)c3cc(C(C)(C)C)ccc3-4)cc(-c3ccc4c(c3)C(C)(C)c3cc(C(C)(C)C)ccc3-4)c2)cc1. The molecule has 0 spiro atoms. The second-order valence-electron chi connectivity index (χ2n) is 23.6. The second kappa shape index (κ2) is 15.6. The van der Waals surface area contributed by atoms with E-state index in [-0.39, 0.29) is 27.1 Å². The van der Waals surface area contributed by atoms with Crippen LogP contribution in [0.2, 0.25) is 0 Å². The molecule has 2 aliphatic rings. The van der Waals surface area contributed by atoms with Crippen molar-refractivity contribution in [2.24, 2.45) is 0 Å². The zero-order valence-electron chi connectivity index (χ0n) is 42.1. The molecule has 0 heterocycles. The van der Waals surface area contributed by atoms with Crippen LogP contribution in [0.3, 0.4) is 0 Å². The van der Waals surface area contributed by atoms with E-state index in [1.807, 2.05) is 0 Å². The van der Waals surface area contributed by atoms with Gasteiger partial charge in [-0.25, -0.2) is 0 Å². The molecule has 10 rings (SSSR count). The van der Waals surface area contributed by atoms with Crippen LogP contribution in [0.15, 0.2) is 170 Å². The highest BCUT2D eigenvalue weighted by atomic mass is 15.1. The number of fused-ring (bicyclic) bond motifs is 6. The predicted octanol–water partition coefficient (Wildman–Crippen LogP) is 18.7.